The fraction of sp³-hybridized carbons (Fsp3) is 0.500. The first-order valence-electron chi connectivity index (χ1n) is 3.38. The normalized spacial score (nSPS) is 10.5. The molecule has 4 heteroatoms. The third-order valence-corrected chi connectivity index (χ3v) is 1.72. The van der Waals surface area contributed by atoms with Crippen molar-refractivity contribution in [2.75, 3.05) is 7.05 Å². The Morgan fingerprint density at radius 1 is 1.75 bits per heavy atom. The zero-order chi connectivity index (χ0) is 9.56. The smallest absolute Gasteiger partial charge is 0.299 e. The molecule has 0 fully saturated rings. The summed E-state index contributed by atoms with van der Waals surface area (Å²) in [5.41, 5.74) is 0. The lowest BCUT2D eigenvalue weighted by Crippen LogP contribution is -2.33. The highest BCUT2D eigenvalue weighted by molar-refractivity contribution is 9.12. The average Bonchev–Trinajstić information content (AvgIpc) is 2.04. The van der Waals surface area contributed by atoms with Gasteiger partial charge in [-0.05, 0) is 11.8 Å². The Morgan fingerprint density at radius 2 is 2.33 bits per heavy atom. The zero-order valence-electron chi connectivity index (χ0n) is 6.97. The summed E-state index contributed by atoms with van der Waals surface area (Å²) in [5, 5.41) is 8.36. The number of carbonyl (C=O) groups is 1. The van der Waals surface area contributed by atoms with Gasteiger partial charge in [-0.3, -0.25) is 4.79 Å². The molecule has 12 heavy (non-hydrogen) atoms. The Balaban J connectivity index is 4.17. The third-order valence-electron chi connectivity index (χ3n) is 1.52. The van der Waals surface area contributed by atoms with Crippen LogP contribution >= 0.6 is 15.9 Å². The lowest BCUT2D eigenvalue weighted by molar-refractivity contribution is -0.125. The molecule has 0 aliphatic heterocycles. The highest BCUT2D eigenvalue weighted by atomic mass is 79.9. The average molecular weight is 229 g/mol. The van der Waals surface area contributed by atoms with Gasteiger partial charge in [0.1, 0.15) is 0 Å². The van der Waals surface area contributed by atoms with Crippen LogP contribution in [0.5, 0.6) is 0 Å². The van der Waals surface area contributed by atoms with Gasteiger partial charge in [-0.2, -0.15) is 5.26 Å². The standard InChI is InChI=1S/C8H9BrN2O/c1-7(4-6-10)11(2)8(12)3-5-9/h7H,4H2,1-2H3. The van der Waals surface area contributed by atoms with Gasteiger partial charge in [0.05, 0.1) is 12.5 Å². The molecule has 0 aromatic carbocycles. The van der Waals surface area contributed by atoms with Crippen LogP contribution in [0, 0.1) is 22.1 Å². The summed E-state index contributed by atoms with van der Waals surface area (Å²) in [6, 6.07) is 1.90. The molecule has 64 valence electrons. The van der Waals surface area contributed by atoms with Crippen LogP contribution in [0.4, 0.5) is 0 Å². The van der Waals surface area contributed by atoms with Crippen molar-refractivity contribution in [3.05, 3.63) is 0 Å². The molecule has 0 saturated heterocycles. The van der Waals surface area contributed by atoms with Crippen molar-refractivity contribution in [3.63, 3.8) is 0 Å². The molecule has 1 atom stereocenters. The van der Waals surface area contributed by atoms with Crippen molar-refractivity contribution in [1.82, 2.24) is 4.90 Å². The fourth-order valence-electron chi connectivity index (χ4n) is 0.598. The second kappa shape index (κ2) is 5.62. The van der Waals surface area contributed by atoms with E-state index in [4.69, 9.17) is 5.26 Å². The predicted octanol–water partition coefficient (Wildman–Crippen LogP) is 1.10. The highest BCUT2D eigenvalue weighted by Gasteiger charge is 2.12. The first kappa shape index (κ1) is 11.0. The molecule has 0 aliphatic carbocycles. The van der Waals surface area contributed by atoms with Gasteiger partial charge in [0, 0.05) is 34.9 Å². The zero-order valence-corrected chi connectivity index (χ0v) is 8.55. The van der Waals surface area contributed by atoms with E-state index in [0.717, 1.165) is 0 Å². The molecular formula is C8H9BrN2O. The van der Waals surface area contributed by atoms with Crippen LogP contribution in [0.25, 0.3) is 0 Å². The molecule has 0 radical (unpaired) electrons. The van der Waals surface area contributed by atoms with E-state index >= 15 is 0 Å². The molecule has 1 amide bonds. The Labute approximate surface area is 80.5 Å². The Kier molecular flexibility index (Phi) is 5.16. The number of amides is 1. The van der Waals surface area contributed by atoms with Crippen LogP contribution in [0.15, 0.2) is 0 Å². The van der Waals surface area contributed by atoms with Crippen LogP contribution in [0.3, 0.4) is 0 Å². The SMILES string of the molecule is CC(CC#N)N(C)C(=O)C#CBr. The lowest BCUT2D eigenvalue weighted by Gasteiger charge is -2.19. The third kappa shape index (κ3) is 3.41. The largest absolute Gasteiger partial charge is 0.331 e. The quantitative estimate of drug-likeness (QED) is 0.665. The monoisotopic (exact) mass is 228 g/mol. The molecule has 0 saturated carbocycles. The van der Waals surface area contributed by atoms with E-state index < -0.39 is 0 Å². The second-order valence-corrected chi connectivity index (χ2v) is 2.74. The van der Waals surface area contributed by atoms with Crippen molar-refractivity contribution in [2.24, 2.45) is 0 Å². The maximum Gasteiger partial charge on any atom is 0.299 e. The first-order chi connectivity index (χ1) is 5.63. The number of nitrogens with zero attached hydrogens (tertiary/aromatic N) is 2. The van der Waals surface area contributed by atoms with Crippen LogP contribution in [-0.4, -0.2) is 23.9 Å². The molecule has 0 aromatic heterocycles. The van der Waals surface area contributed by atoms with Gasteiger partial charge in [0.25, 0.3) is 5.91 Å². The number of rotatable bonds is 2. The Hall–Kier alpha value is -1.00. The van der Waals surface area contributed by atoms with E-state index in [1.807, 2.05) is 6.07 Å². The lowest BCUT2D eigenvalue weighted by atomic mass is 10.2. The first-order valence-corrected chi connectivity index (χ1v) is 4.18. The van der Waals surface area contributed by atoms with Gasteiger partial charge in [-0.1, -0.05) is 0 Å². The van der Waals surface area contributed by atoms with Gasteiger partial charge in [0.15, 0.2) is 0 Å². The topological polar surface area (TPSA) is 44.1 Å². The van der Waals surface area contributed by atoms with Crippen LogP contribution in [-0.2, 0) is 4.79 Å². The molecule has 0 spiro atoms. The van der Waals surface area contributed by atoms with Crippen LogP contribution in [0.1, 0.15) is 13.3 Å². The molecule has 1 unspecified atom stereocenters. The summed E-state index contributed by atoms with van der Waals surface area (Å²) in [5.74, 6) is 2.05. The van der Waals surface area contributed by atoms with Crippen molar-refractivity contribution < 1.29 is 4.79 Å². The van der Waals surface area contributed by atoms with E-state index in [0.29, 0.717) is 6.42 Å². The summed E-state index contributed by atoms with van der Waals surface area (Å²) >= 11 is 2.83. The molecule has 0 heterocycles. The summed E-state index contributed by atoms with van der Waals surface area (Å²) in [4.78, 5) is 14.8. The van der Waals surface area contributed by atoms with Crippen molar-refractivity contribution in [2.45, 2.75) is 19.4 Å². The van der Waals surface area contributed by atoms with Gasteiger partial charge < -0.3 is 4.90 Å². The van der Waals surface area contributed by atoms with Crippen LogP contribution < -0.4 is 0 Å². The highest BCUT2D eigenvalue weighted by Crippen LogP contribution is 1.99. The second-order valence-electron chi connectivity index (χ2n) is 2.35. The summed E-state index contributed by atoms with van der Waals surface area (Å²) in [6.45, 7) is 1.80. The number of hydrogen-bond acceptors (Lipinski definition) is 2. The minimum absolute atomic E-state index is 0.0872. The molecule has 0 N–H and O–H groups in total. The van der Waals surface area contributed by atoms with Gasteiger partial charge in [-0.15, -0.1) is 0 Å². The van der Waals surface area contributed by atoms with Crippen molar-refractivity contribution >= 4 is 21.8 Å². The number of halogens is 1. The summed E-state index contributed by atoms with van der Waals surface area (Å²) in [7, 11) is 1.63. The molecule has 0 rings (SSSR count). The van der Waals surface area contributed by atoms with Gasteiger partial charge >= 0.3 is 0 Å². The van der Waals surface area contributed by atoms with E-state index in [-0.39, 0.29) is 11.9 Å². The summed E-state index contributed by atoms with van der Waals surface area (Å²) in [6.07, 6.45) is 0.326. The van der Waals surface area contributed by atoms with Gasteiger partial charge in [0.2, 0.25) is 0 Å². The molecule has 0 aromatic rings. The molecule has 0 bridgehead atoms. The van der Waals surface area contributed by atoms with E-state index in [2.05, 4.69) is 26.7 Å². The van der Waals surface area contributed by atoms with Gasteiger partial charge in [-0.25, -0.2) is 0 Å². The Bertz CT molecular complexity index is 258. The maximum absolute atomic E-state index is 11.1. The Morgan fingerprint density at radius 3 is 2.75 bits per heavy atom. The van der Waals surface area contributed by atoms with E-state index in [1.165, 1.54) is 4.90 Å². The number of hydrogen-bond donors (Lipinski definition) is 0. The van der Waals surface area contributed by atoms with Crippen molar-refractivity contribution in [3.8, 4) is 16.8 Å². The van der Waals surface area contributed by atoms with E-state index in [9.17, 15) is 4.79 Å². The predicted molar refractivity (Wildman–Crippen MR) is 49.2 cm³/mol. The molecule has 3 nitrogen and oxygen atoms in total. The van der Waals surface area contributed by atoms with Crippen LogP contribution in [0.2, 0.25) is 0 Å². The summed E-state index contributed by atoms with van der Waals surface area (Å²) < 4.78 is 0. The number of carbonyl (C=O) groups excluding carboxylic acids is 1. The number of nitriles is 1. The molecular weight excluding hydrogens is 220 g/mol. The van der Waals surface area contributed by atoms with E-state index in [1.54, 1.807) is 14.0 Å². The molecule has 0 aliphatic rings. The minimum atomic E-state index is -0.283. The minimum Gasteiger partial charge on any atom is -0.331 e. The fourth-order valence-corrected chi connectivity index (χ4v) is 0.767. The van der Waals surface area contributed by atoms with Crippen molar-refractivity contribution in [1.29, 1.82) is 5.26 Å². The maximum atomic E-state index is 11.1.